The molecule has 1 saturated heterocycles. The summed E-state index contributed by atoms with van der Waals surface area (Å²) in [6, 6.07) is 7.34. The van der Waals surface area contributed by atoms with Crippen molar-refractivity contribution in [3.05, 3.63) is 55.2 Å². The number of methoxy groups -OCH3 is 1. The molecule has 2 aromatic carbocycles. The zero-order chi connectivity index (χ0) is 19.0. The highest BCUT2D eigenvalue weighted by atomic mass is 127. The van der Waals surface area contributed by atoms with E-state index in [1.165, 1.54) is 30.2 Å². The van der Waals surface area contributed by atoms with E-state index in [-0.39, 0.29) is 16.7 Å². The second-order valence-electron chi connectivity index (χ2n) is 5.17. The lowest BCUT2D eigenvalue weighted by Crippen LogP contribution is -2.27. The fraction of sp³-hybridized carbons (Fsp3) is 0.0588. The van der Waals surface area contributed by atoms with Crippen molar-refractivity contribution in [3.8, 4) is 11.5 Å². The number of benzene rings is 2. The molecule has 4 nitrogen and oxygen atoms in total. The highest BCUT2D eigenvalue weighted by molar-refractivity contribution is 14.1. The number of carbonyl (C=O) groups excluding carboxylic acids is 1. The number of thioether (sulfide) groups is 1. The Balaban J connectivity index is 1.97. The fourth-order valence-electron chi connectivity index (χ4n) is 2.30. The van der Waals surface area contributed by atoms with Gasteiger partial charge in [0, 0.05) is 0 Å². The lowest BCUT2D eigenvalue weighted by molar-refractivity contribution is -0.113. The van der Waals surface area contributed by atoms with Crippen LogP contribution >= 0.6 is 58.2 Å². The molecule has 9 heteroatoms. The summed E-state index contributed by atoms with van der Waals surface area (Å²) >= 11 is 14.2. The third-order valence-corrected chi connectivity index (χ3v) is 5.94. The van der Waals surface area contributed by atoms with Crippen LogP contribution in [0.2, 0.25) is 5.02 Å². The Morgan fingerprint density at radius 2 is 2.12 bits per heavy atom. The molecule has 1 amide bonds. The molecule has 0 spiro atoms. The van der Waals surface area contributed by atoms with Gasteiger partial charge in [-0.05, 0) is 64.6 Å². The van der Waals surface area contributed by atoms with E-state index >= 15 is 0 Å². The third-order valence-electron chi connectivity index (χ3n) is 3.52. The first-order valence-corrected chi connectivity index (χ1v) is 9.79. The van der Waals surface area contributed by atoms with Crippen LogP contribution in [-0.2, 0) is 4.79 Å². The monoisotopic (exact) mass is 521 g/mol. The number of rotatable bonds is 3. The van der Waals surface area contributed by atoms with Crippen molar-refractivity contribution in [3.63, 3.8) is 0 Å². The Kier molecular flexibility index (Phi) is 5.75. The SMILES string of the molecule is COc1cc(C=C2SC(=S)N(c3ccc(F)c(Cl)c3)C2=O)cc(I)c1O. The van der Waals surface area contributed by atoms with E-state index in [0.29, 0.717) is 29.8 Å². The van der Waals surface area contributed by atoms with E-state index in [2.05, 4.69) is 0 Å². The molecule has 134 valence electrons. The van der Waals surface area contributed by atoms with Crippen molar-refractivity contribution < 1.29 is 19.0 Å². The average molecular weight is 522 g/mol. The van der Waals surface area contributed by atoms with E-state index in [0.717, 1.165) is 11.8 Å². The molecule has 1 aliphatic rings. The molecular formula is C17H10ClFINO3S2. The number of hydrogen-bond acceptors (Lipinski definition) is 5. The molecule has 0 aromatic heterocycles. The minimum absolute atomic E-state index is 0.0405. The van der Waals surface area contributed by atoms with Crippen LogP contribution < -0.4 is 9.64 Å². The Bertz CT molecular complexity index is 967. The van der Waals surface area contributed by atoms with Gasteiger partial charge in [0.25, 0.3) is 5.91 Å². The largest absolute Gasteiger partial charge is 0.504 e. The second kappa shape index (κ2) is 7.71. The summed E-state index contributed by atoms with van der Waals surface area (Å²) in [4.78, 5) is 14.5. The summed E-state index contributed by atoms with van der Waals surface area (Å²) in [5, 5.41) is 9.83. The highest BCUT2D eigenvalue weighted by Gasteiger charge is 2.33. The Hall–Kier alpha value is -1.36. The summed E-state index contributed by atoms with van der Waals surface area (Å²) in [6.07, 6.45) is 1.66. The summed E-state index contributed by atoms with van der Waals surface area (Å²) < 4.78 is 19.4. The minimum Gasteiger partial charge on any atom is -0.504 e. The maximum Gasteiger partial charge on any atom is 0.270 e. The van der Waals surface area contributed by atoms with Gasteiger partial charge in [-0.2, -0.15) is 0 Å². The van der Waals surface area contributed by atoms with Gasteiger partial charge in [-0.3, -0.25) is 9.69 Å². The zero-order valence-corrected chi connectivity index (χ0v) is 17.7. The van der Waals surface area contributed by atoms with E-state index in [4.69, 9.17) is 28.6 Å². The van der Waals surface area contributed by atoms with Gasteiger partial charge >= 0.3 is 0 Å². The van der Waals surface area contributed by atoms with Gasteiger partial charge in [-0.1, -0.05) is 35.6 Å². The predicted molar refractivity (Wildman–Crippen MR) is 114 cm³/mol. The molecule has 0 aliphatic carbocycles. The minimum atomic E-state index is -0.567. The quantitative estimate of drug-likeness (QED) is 0.342. The number of carbonyl (C=O) groups is 1. The first kappa shape index (κ1) is 19.4. The molecule has 3 rings (SSSR count). The smallest absolute Gasteiger partial charge is 0.270 e. The number of ether oxygens (including phenoxy) is 1. The van der Waals surface area contributed by atoms with Crippen molar-refractivity contribution in [2.24, 2.45) is 0 Å². The van der Waals surface area contributed by atoms with Gasteiger partial charge in [-0.25, -0.2) is 4.39 Å². The van der Waals surface area contributed by atoms with Gasteiger partial charge < -0.3 is 9.84 Å². The molecular weight excluding hydrogens is 512 g/mol. The van der Waals surface area contributed by atoms with Crippen LogP contribution in [0.1, 0.15) is 5.56 Å². The molecule has 1 aliphatic heterocycles. The van der Waals surface area contributed by atoms with Gasteiger partial charge in [0.15, 0.2) is 15.8 Å². The van der Waals surface area contributed by atoms with Gasteiger partial charge in [0.2, 0.25) is 0 Å². The van der Waals surface area contributed by atoms with Gasteiger partial charge in [0.1, 0.15) is 5.82 Å². The number of amides is 1. The zero-order valence-electron chi connectivity index (χ0n) is 13.1. The van der Waals surface area contributed by atoms with Crippen LogP contribution in [0, 0.1) is 9.39 Å². The predicted octanol–water partition coefficient (Wildman–Crippen LogP) is 5.20. The highest BCUT2D eigenvalue weighted by Crippen LogP contribution is 2.39. The van der Waals surface area contributed by atoms with E-state index in [1.54, 1.807) is 18.2 Å². The van der Waals surface area contributed by atoms with Crippen molar-refractivity contribution >= 4 is 80.2 Å². The fourth-order valence-corrected chi connectivity index (χ4v) is 4.40. The first-order chi connectivity index (χ1) is 12.3. The summed E-state index contributed by atoms with van der Waals surface area (Å²) in [7, 11) is 1.45. The standard InChI is InChI=1S/C17H10ClFINO3S2/c1-24-13-5-8(4-12(20)15(13)22)6-14-16(23)21(17(25)26-14)9-2-3-11(19)10(18)7-9/h2-7,22H,1H3. The topological polar surface area (TPSA) is 49.8 Å². The number of nitrogens with zero attached hydrogens (tertiary/aromatic N) is 1. The van der Waals surface area contributed by atoms with Crippen LogP contribution in [0.15, 0.2) is 35.2 Å². The van der Waals surface area contributed by atoms with Crippen molar-refractivity contribution in [2.45, 2.75) is 0 Å². The van der Waals surface area contributed by atoms with Crippen LogP contribution in [0.3, 0.4) is 0 Å². The average Bonchev–Trinajstić information content (AvgIpc) is 2.87. The first-order valence-electron chi connectivity index (χ1n) is 7.11. The lowest BCUT2D eigenvalue weighted by Gasteiger charge is -2.14. The van der Waals surface area contributed by atoms with E-state index in [1.807, 2.05) is 22.6 Å². The summed E-state index contributed by atoms with van der Waals surface area (Å²) in [5.74, 6) is -0.547. The maximum absolute atomic E-state index is 13.4. The van der Waals surface area contributed by atoms with Crippen molar-refractivity contribution in [2.75, 3.05) is 12.0 Å². The summed E-state index contributed by atoms with van der Waals surface area (Å²) in [5.41, 5.74) is 1.09. The number of halogens is 3. The molecule has 1 fully saturated rings. The Morgan fingerprint density at radius 1 is 1.38 bits per heavy atom. The Labute approximate surface area is 177 Å². The summed E-state index contributed by atoms with van der Waals surface area (Å²) in [6.45, 7) is 0. The number of phenolic OH excluding ortho intramolecular Hbond substituents is 1. The normalized spacial score (nSPS) is 15.8. The third kappa shape index (κ3) is 3.68. The van der Waals surface area contributed by atoms with Crippen LogP contribution in [0.25, 0.3) is 6.08 Å². The maximum atomic E-state index is 13.4. The second-order valence-corrected chi connectivity index (χ2v) is 8.41. The molecule has 0 radical (unpaired) electrons. The molecule has 0 bridgehead atoms. The van der Waals surface area contributed by atoms with Gasteiger partial charge in [0.05, 0.1) is 26.3 Å². The molecule has 0 unspecified atom stereocenters. The lowest BCUT2D eigenvalue weighted by atomic mass is 10.2. The molecule has 1 N–H and O–H groups in total. The number of aromatic hydroxyl groups is 1. The Morgan fingerprint density at radius 3 is 2.77 bits per heavy atom. The molecule has 0 atom stereocenters. The molecule has 26 heavy (non-hydrogen) atoms. The van der Waals surface area contributed by atoms with Crippen LogP contribution in [-0.4, -0.2) is 22.4 Å². The number of thiocarbonyl (C=S) groups is 1. The van der Waals surface area contributed by atoms with Gasteiger partial charge in [-0.15, -0.1) is 0 Å². The van der Waals surface area contributed by atoms with Crippen molar-refractivity contribution in [1.82, 2.24) is 0 Å². The van der Waals surface area contributed by atoms with Crippen molar-refractivity contribution in [1.29, 1.82) is 0 Å². The molecule has 0 saturated carbocycles. The van der Waals surface area contributed by atoms with Crippen LogP contribution in [0.4, 0.5) is 10.1 Å². The molecule has 2 aromatic rings. The number of phenols is 1. The van der Waals surface area contributed by atoms with Crippen LogP contribution in [0.5, 0.6) is 11.5 Å². The molecule has 1 heterocycles. The van der Waals surface area contributed by atoms with E-state index < -0.39 is 5.82 Å². The van der Waals surface area contributed by atoms with E-state index in [9.17, 15) is 14.3 Å². The number of anilines is 1. The number of hydrogen-bond donors (Lipinski definition) is 1.